The van der Waals surface area contributed by atoms with E-state index in [1.807, 2.05) is 6.92 Å². The van der Waals surface area contributed by atoms with Gasteiger partial charge in [0.1, 0.15) is 0 Å². The molecule has 0 radical (unpaired) electrons. The average molecular weight is 481 g/mol. The van der Waals surface area contributed by atoms with Gasteiger partial charge in [0.05, 0.1) is 16.2 Å². The van der Waals surface area contributed by atoms with E-state index in [-0.39, 0.29) is 16.3 Å². The van der Waals surface area contributed by atoms with Crippen LogP contribution in [0.5, 0.6) is 0 Å². The van der Waals surface area contributed by atoms with Crippen LogP contribution in [0.3, 0.4) is 0 Å². The van der Waals surface area contributed by atoms with Crippen LogP contribution in [0.15, 0.2) is 82.6 Å². The Hall–Kier alpha value is -2.98. The van der Waals surface area contributed by atoms with Crippen molar-refractivity contribution in [3.8, 4) is 0 Å². The minimum atomic E-state index is -4.49. The number of alkyl halides is 3. The number of rotatable bonds is 7. The molecule has 0 saturated carbocycles. The van der Waals surface area contributed by atoms with Crippen molar-refractivity contribution < 1.29 is 26.4 Å². The molecule has 3 aromatic carbocycles. The van der Waals surface area contributed by atoms with Gasteiger partial charge in [0.15, 0.2) is 0 Å². The molecule has 0 bridgehead atoms. The Balaban J connectivity index is 1.56. The van der Waals surface area contributed by atoms with Crippen molar-refractivity contribution in [3.05, 3.63) is 83.9 Å². The Labute approximate surface area is 188 Å². The molecule has 10 heteroatoms. The lowest BCUT2D eigenvalue weighted by molar-refractivity contribution is -0.137. The first-order chi connectivity index (χ1) is 15.0. The first-order valence-electron chi connectivity index (χ1n) is 9.32. The normalized spacial score (nSPS) is 11.8. The Bertz CT molecular complexity index is 1190. The van der Waals surface area contributed by atoms with E-state index in [0.717, 1.165) is 17.7 Å². The Morgan fingerprint density at radius 1 is 0.938 bits per heavy atom. The van der Waals surface area contributed by atoms with Crippen molar-refractivity contribution >= 4 is 39.1 Å². The number of thioether (sulfide) groups is 1. The zero-order chi connectivity index (χ0) is 23.4. The maximum atomic E-state index is 12.8. The van der Waals surface area contributed by atoms with Crippen molar-refractivity contribution in [2.75, 3.05) is 15.8 Å². The third-order valence-corrected chi connectivity index (χ3v) is 6.69. The lowest BCUT2D eigenvalue weighted by Gasteiger charge is -2.10. The van der Waals surface area contributed by atoms with Crippen LogP contribution in [0, 0.1) is 6.92 Å². The number of hydrogen-bond donors (Lipinski definition) is 2. The van der Waals surface area contributed by atoms with Gasteiger partial charge in [-0.05, 0) is 61.5 Å². The van der Waals surface area contributed by atoms with Crippen LogP contribution in [0.1, 0.15) is 11.1 Å². The van der Waals surface area contributed by atoms with E-state index in [1.54, 1.807) is 36.4 Å². The molecule has 168 valence electrons. The predicted octanol–water partition coefficient (Wildman–Crippen LogP) is 5.55. The maximum absolute atomic E-state index is 12.8. The van der Waals surface area contributed by atoms with Crippen molar-refractivity contribution in [2.45, 2.75) is 22.9 Å². The van der Waals surface area contributed by atoms with Gasteiger partial charge in [-0.25, -0.2) is 8.42 Å². The molecule has 3 aromatic rings. The van der Waals surface area contributed by atoms with E-state index >= 15 is 0 Å². The van der Waals surface area contributed by atoms with Gasteiger partial charge >= 0.3 is 6.18 Å². The molecular weight excluding hydrogens is 461 g/mol. The molecule has 0 aromatic heterocycles. The van der Waals surface area contributed by atoms with Crippen molar-refractivity contribution in [3.63, 3.8) is 0 Å². The summed E-state index contributed by atoms with van der Waals surface area (Å²) in [6.45, 7) is 1.86. The van der Waals surface area contributed by atoms with Crippen LogP contribution in [0.25, 0.3) is 0 Å². The van der Waals surface area contributed by atoms with Gasteiger partial charge in [-0.15, -0.1) is 11.8 Å². The molecule has 0 aliphatic rings. The Morgan fingerprint density at radius 2 is 1.59 bits per heavy atom. The maximum Gasteiger partial charge on any atom is 0.416 e. The van der Waals surface area contributed by atoms with E-state index in [4.69, 9.17) is 0 Å². The van der Waals surface area contributed by atoms with Gasteiger partial charge in [-0.2, -0.15) is 13.2 Å². The lowest BCUT2D eigenvalue weighted by atomic mass is 10.2. The topological polar surface area (TPSA) is 75.3 Å². The van der Waals surface area contributed by atoms with Crippen LogP contribution < -0.4 is 10.0 Å². The summed E-state index contributed by atoms with van der Waals surface area (Å²) < 4.78 is 65.6. The largest absolute Gasteiger partial charge is 0.416 e. The highest BCUT2D eigenvalue weighted by Crippen LogP contribution is 2.30. The number of aryl methyl sites for hydroxylation is 1. The van der Waals surface area contributed by atoms with Crippen LogP contribution >= 0.6 is 11.8 Å². The summed E-state index contributed by atoms with van der Waals surface area (Å²) in [6, 6.07) is 17.3. The fourth-order valence-corrected chi connectivity index (χ4v) is 4.43. The summed E-state index contributed by atoms with van der Waals surface area (Å²) in [5, 5.41) is 2.44. The van der Waals surface area contributed by atoms with E-state index in [0.29, 0.717) is 10.6 Å². The smallest absolute Gasteiger partial charge is 0.325 e. The minimum Gasteiger partial charge on any atom is -0.325 e. The van der Waals surface area contributed by atoms with Gasteiger partial charge in [0.25, 0.3) is 10.0 Å². The van der Waals surface area contributed by atoms with Crippen molar-refractivity contribution in [2.24, 2.45) is 0 Å². The van der Waals surface area contributed by atoms with E-state index in [9.17, 15) is 26.4 Å². The second kappa shape index (κ2) is 9.66. The summed E-state index contributed by atoms with van der Waals surface area (Å²) >= 11 is 1.17. The van der Waals surface area contributed by atoms with Crippen LogP contribution in [-0.4, -0.2) is 20.1 Å². The number of nitrogens with one attached hydrogen (secondary N) is 2. The third kappa shape index (κ3) is 6.51. The molecular formula is C22H19F3N2O3S2. The standard InChI is InChI=1S/C22H19F3N2O3S2/c1-15-5-11-20(12-6-15)32(29,30)27-17-7-9-19(10-8-17)31-14-21(28)26-18-4-2-3-16(13-18)22(23,24)25/h2-13,27H,14H2,1H3,(H,26,28). The number of anilines is 2. The van der Waals surface area contributed by atoms with Gasteiger partial charge in [-0.3, -0.25) is 9.52 Å². The molecule has 5 nitrogen and oxygen atoms in total. The molecule has 0 aliphatic carbocycles. The Kier molecular flexibility index (Phi) is 7.15. The first kappa shape index (κ1) is 23.7. The predicted molar refractivity (Wildman–Crippen MR) is 119 cm³/mol. The zero-order valence-corrected chi connectivity index (χ0v) is 18.4. The molecule has 0 heterocycles. The SMILES string of the molecule is Cc1ccc(S(=O)(=O)Nc2ccc(SCC(=O)Nc3cccc(C(F)(F)F)c3)cc2)cc1. The highest BCUT2D eigenvalue weighted by Gasteiger charge is 2.30. The summed E-state index contributed by atoms with van der Waals surface area (Å²) in [6.07, 6.45) is -4.49. The lowest BCUT2D eigenvalue weighted by Crippen LogP contribution is -2.15. The molecule has 0 aliphatic heterocycles. The fourth-order valence-electron chi connectivity index (χ4n) is 2.67. The number of hydrogen-bond acceptors (Lipinski definition) is 4. The summed E-state index contributed by atoms with van der Waals surface area (Å²) in [5.41, 5.74) is 0.531. The zero-order valence-electron chi connectivity index (χ0n) is 16.8. The number of benzene rings is 3. The van der Waals surface area contributed by atoms with E-state index in [2.05, 4.69) is 10.0 Å². The summed E-state index contributed by atoms with van der Waals surface area (Å²) in [7, 11) is -3.72. The number of sulfonamides is 1. The van der Waals surface area contributed by atoms with Gasteiger partial charge in [0, 0.05) is 16.3 Å². The number of carbonyl (C=O) groups excluding carboxylic acids is 1. The Morgan fingerprint density at radius 3 is 2.22 bits per heavy atom. The van der Waals surface area contributed by atoms with Crippen LogP contribution in [0.2, 0.25) is 0 Å². The molecule has 0 saturated heterocycles. The van der Waals surface area contributed by atoms with E-state index in [1.165, 1.54) is 36.0 Å². The molecule has 32 heavy (non-hydrogen) atoms. The van der Waals surface area contributed by atoms with Crippen molar-refractivity contribution in [1.29, 1.82) is 0 Å². The van der Waals surface area contributed by atoms with Crippen molar-refractivity contribution in [1.82, 2.24) is 0 Å². The highest BCUT2D eigenvalue weighted by atomic mass is 32.2. The molecule has 0 fully saturated rings. The molecule has 0 spiro atoms. The van der Waals surface area contributed by atoms with Gasteiger partial charge < -0.3 is 5.32 Å². The second-order valence-electron chi connectivity index (χ2n) is 6.86. The molecule has 0 unspecified atom stereocenters. The molecule has 2 N–H and O–H groups in total. The average Bonchev–Trinajstić information content (AvgIpc) is 2.73. The highest BCUT2D eigenvalue weighted by molar-refractivity contribution is 8.00. The van der Waals surface area contributed by atoms with Crippen LogP contribution in [0.4, 0.5) is 24.5 Å². The van der Waals surface area contributed by atoms with E-state index < -0.39 is 27.7 Å². The fraction of sp³-hybridized carbons (Fsp3) is 0.136. The van der Waals surface area contributed by atoms with Gasteiger partial charge in [0.2, 0.25) is 5.91 Å². The van der Waals surface area contributed by atoms with Crippen LogP contribution in [-0.2, 0) is 21.0 Å². The molecule has 1 amide bonds. The summed E-state index contributed by atoms with van der Waals surface area (Å²) in [5.74, 6) is -0.483. The third-order valence-electron chi connectivity index (χ3n) is 4.28. The number of halogens is 3. The summed E-state index contributed by atoms with van der Waals surface area (Å²) in [4.78, 5) is 12.9. The molecule has 0 atom stereocenters. The first-order valence-corrected chi connectivity index (χ1v) is 11.8. The monoisotopic (exact) mass is 480 g/mol. The van der Waals surface area contributed by atoms with Gasteiger partial charge in [-0.1, -0.05) is 23.8 Å². The minimum absolute atomic E-state index is 0.0231. The number of carbonyl (C=O) groups is 1. The number of amides is 1. The second-order valence-corrected chi connectivity index (χ2v) is 9.59. The molecule has 3 rings (SSSR count). The quantitative estimate of drug-likeness (QED) is 0.435.